The second-order valence-electron chi connectivity index (χ2n) is 4.58. The first-order chi connectivity index (χ1) is 8.83. The van der Waals surface area contributed by atoms with Crippen LogP contribution in [0.4, 0.5) is 10.5 Å². The highest BCUT2D eigenvalue weighted by Crippen LogP contribution is 2.23. The van der Waals surface area contributed by atoms with Crippen LogP contribution in [0.25, 0.3) is 10.9 Å². The van der Waals surface area contributed by atoms with Crippen LogP contribution >= 0.6 is 0 Å². The highest BCUT2D eigenvalue weighted by atomic mass is 16.6. The van der Waals surface area contributed by atoms with Crippen molar-refractivity contribution >= 4 is 22.7 Å². The summed E-state index contributed by atoms with van der Waals surface area (Å²) in [4.78, 5) is 11.8. The molecule has 5 nitrogen and oxygen atoms in total. The van der Waals surface area contributed by atoms with Crippen molar-refractivity contribution in [2.45, 2.75) is 31.8 Å². The summed E-state index contributed by atoms with van der Waals surface area (Å²) in [5, 5.41) is 10.6. The smallest absolute Gasteiger partial charge is 0.411 e. The molecular formula is C13H15N3O2. The van der Waals surface area contributed by atoms with Gasteiger partial charge in [0.05, 0.1) is 17.4 Å². The van der Waals surface area contributed by atoms with Gasteiger partial charge in [0.1, 0.15) is 6.10 Å². The van der Waals surface area contributed by atoms with E-state index in [0.29, 0.717) is 5.69 Å². The van der Waals surface area contributed by atoms with E-state index in [4.69, 9.17) is 4.74 Å². The third-order valence-electron chi connectivity index (χ3n) is 3.29. The zero-order chi connectivity index (χ0) is 12.4. The number of hydrogen-bond acceptors (Lipinski definition) is 3. The first kappa shape index (κ1) is 11.1. The van der Waals surface area contributed by atoms with Crippen molar-refractivity contribution in [3.63, 3.8) is 0 Å². The van der Waals surface area contributed by atoms with Gasteiger partial charge in [0.15, 0.2) is 0 Å². The van der Waals surface area contributed by atoms with Crippen molar-refractivity contribution < 1.29 is 9.53 Å². The van der Waals surface area contributed by atoms with Gasteiger partial charge in [-0.2, -0.15) is 5.10 Å². The molecule has 0 atom stereocenters. The molecule has 0 bridgehead atoms. The van der Waals surface area contributed by atoms with Crippen molar-refractivity contribution in [3.05, 3.63) is 24.4 Å². The number of carbonyl (C=O) groups is 1. The van der Waals surface area contributed by atoms with E-state index < -0.39 is 0 Å². The molecule has 5 heteroatoms. The number of fused-ring (bicyclic) bond motifs is 1. The van der Waals surface area contributed by atoms with Crippen LogP contribution in [0.2, 0.25) is 0 Å². The van der Waals surface area contributed by atoms with Crippen molar-refractivity contribution in [1.82, 2.24) is 10.2 Å². The Hall–Kier alpha value is -2.04. The highest BCUT2D eigenvalue weighted by Gasteiger charge is 2.19. The number of amides is 1. The molecule has 1 heterocycles. The van der Waals surface area contributed by atoms with Crippen LogP contribution < -0.4 is 5.32 Å². The number of rotatable bonds is 2. The summed E-state index contributed by atoms with van der Waals surface area (Å²) in [6, 6.07) is 5.64. The Balaban J connectivity index is 1.71. The minimum Gasteiger partial charge on any atom is -0.446 e. The maximum atomic E-state index is 11.8. The van der Waals surface area contributed by atoms with E-state index in [-0.39, 0.29) is 12.2 Å². The molecule has 94 valence electrons. The van der Waals surface area contributed by atoms with Gasteiger partial charge in [0.2, 0.25) is 0 Å². The molecule has 1 saturated carbocycles. The number of benzene rings is 1. The van der Waals surface area contributed by atoms with Crippen LogP contribution in [0.15, 0.2) is 24.4 Å². The van der Waals surface area contributed by atoms with Gasteiger partial charge < -0.3 is 4.74 Å². The van der Waals surface area contributed by atoms with E-state index in [1.165, 1.54) is 0 Å². The summed E-state index contributed by atoms with van der Waals surface area (Å²) in [5.41, 5.74) is 1.52. The van der Waals surface area contributed by atoms with Crippen molar-refractivity contribution in [3.8, 4) is 0 Å². The van der Waals surface area contributed by atoms with Crippen LogP contribution in [0.5, 0.6) is 0 Å². The van der Waals surface area contributed by atoms with E-state index in [0.717, 1.165) is 36.6 Å². The van der Waals surface area contributed by atoms with E-state index >= 15 is 0 Å². The topological polar surface area (TPSA) is 67.0 Å². The summed E-state index contributed by atoms with van der Waals surface area (Å²) in [5.74, 6) is 0. The summed E-state index contributed by atoms with van der Waals surface area (Å²) in [6.45, 7) is 0. The minimum atomic E-state index is -0.385. The fraction of sp³-hybridized carbons (Fsp3) is 0.385. The molecule has 0 spiro atoms. The number of ether oxygens (including phenoxy) is 1. The fourth-order valence-electron chi connectivity index (χ4n) is 2.37. The Kier molecular flexibility index (Phi) is 2.88. The Morgan fingerprint density at radius 1 is 1.39 bits per heavy atom. The van der Waals surface area contributed by atoms with Crippen LogP contribution in [0, 0.1) is 0 Å². The Morgan fingerprint density at radius 2 is 2.22 bits per heavy atom. The number of nitrogens with one attached hydrogen (secondary N) is 2. The van der Waals surface area contributed by atoms with Gasteiger partial charge in [-0.05, 0) is 31.7 Å². The Morgan fingerprint density at radius 3 is 3.06 bits per heavy atom. The molecule has 3 rings (SSSR count). The summed E-state index contributed by atoms with van der Waals surface area (Å²) in [6.07, 6.45) is 5.66. The third-order valence-corrected chi connectivity index (χ3v) is 3.29. The lowest BCUT2D eigenvalue weighted by molar-refractivity contribution is 0.114. The minimum absolute atomic E-state index is 0.0750. The van der Waals surface area contributed by atoms with E-state index in [9.17, 15) is 4.79 Å². The van der Waals surface area contributed by atoms with Crippen molar-refractivity contribution in [2.75, 3.05) is 5.32 Å². The number of para-hydroxylation sites is 1. The second-order valence-corrected chi connectivity index (χ2v) is 4.58. The van der Waals surface area contributed by atoms with E-state index in [1.807, 2.05) is 18.2 Å². The third kappa shape index (κ3) is 2.16. The average Bonchev–Trinajstić information content (AvgIpc) is 2.99. The summed E-state index contributed by atoms with van der Waals surface area (Å²) >= 11 is 0. The molecule has 1 aliphatic rings. The molecule has 0 saturated heterocycles. The van der Waals surface area contributed by atoms with Crippen LogP contribution in [0.1, 0.15) is 25.7 Å². The van der Waals surface area contributed by atoms with Gasteiger partial charge in [-0.1, -0.05) is 12.1 Å². The summed E-state index contributed by atoms with van der Waals surface area (Å²) in [7, 11) is 0. The van der Waals surface area contributed by atoms with Crippen LogP contribution in [-0.4, -0.2) is 22.4 Å². The van der Waals surface area contributed by atoms with Gasteiger partial charge >= 0.3 is 6.09 Å². The molecule has 1 aliphatic carbocycles. The molecule has 1 aromatic heterocycles. The number of carbonyl (C=O) groups excluding carboxylic acids is 1. The first-order valence-corrected chi connectivity index (χ1v) is 6.22. The lowest BCUT2D eigenvalue weighted by Crippen LogP contribution is -2.20. The number of aromatic amines is 1. The predicted molar refractivity (Wildman–Crippen MR) is 68.5 cm³/mol. The Bertz CT molecular complexity index is 558. The molecule has 1 fully saturated rings. The largest absolute Gasteiger partial charge is 0.446 e. The van der Waals surface area contributed by atoms with Crippen LogP contribution in [0.3, 0.4) is 0 Å². The molecule has 2 N–H and O–H groups in total. The SMILES string of the molecule is O=C(Nc1cccc2cn[nH]c12)OC1CCCC1. The number of anilines is 1. The summed E-state index contributed by atoms with van der Waals surface area (Å²) < 4.78 is 5.36. The van der Waals surface area contributed by atoms with Gasteiger partial charge in [-0.3, -0.25) is 10.4 Å². The zero-order valence-electron chi connectivity index (χ0n) is 9.98. The predicted octanol–water partition coefficient (Wildman–Crippen LogP) is 3.05. The van der Waals surface area contributed by atoms with Gasteiger partial charge in [0, 0.05) is 5.39 Å². The number of hydrogen-bond donors (Lipinski definition) is 2. The average molecular weight is 245 g/mol. The van der Waals surface area contributed by atoms with E-state index in [2.05, 4.69) is 15.5 Å². The van der Waals surface area contributed by atoms with Crippen LogP contribution in [-0.2, 0) is 4.74 Å². The molecule has 18 heavy (non-hydrogen) atoms. The molecule has 0 radical (unpaired) electrons. The molecule has 0 unspecified atom stereocenters. The maximum absolute atomic E-state index is 11.8. The maximum Gasteiger partial charge on any atom is 0.411 e. The first-order valence-electron chi connectivity index (χ1n) is 6.22. The number of aromatic nitrogens is 2. The number of nitrogens with zero attached hydrogens (tertiary/aromatic N) is 1. The fourth-order valence-corrected chi connectivity index (χ4v) is 2.37. The molecule has 1 amide bonds. The molecule has 0 aliphatic heterocycles. The quantitative estimate of drug-likeness (QED) is 0.854. The Labute approximate surface area is 105 Å². The van der Waals surface area contributed by atoms with Gasteiger partial charge in [-0.15, -0.1) is 0 Å². The lowest BCUT2D eigenvalue weighted by atomic mass is 10.2. The highest BCUT2D eigenvalue weighted by molar-refractivity contribution is 5.97. The second kappa shape index (κ2) is 4.68. The molecule has 1 aromatic carbocycles. The number of H-pyrrole nitrogens is 1. The van der Waals surface area contributed by atoms with E-state index in [1.54, 1.807) is 6.20 Å². The standard InChI is InChI=1S/C13H15N3O2/c17-13(18-10-5-1-2-6-10)15-11-7-3-4-9-8-14-16-12(9)11/h3-4,7-8,10H,1-2,5-6H2,(H,14,16)(H,15,17). The van der Waals surface area contributed by atoms with Gasteiger partial charge in [0.25, 0.3) is 0 Å². The lowest BCUT2D eigenvalue weighted by Gasteiger charge is -2.12. The molecular weight excluding hydrogens is 230 g/mol. The normalized spacial score (nSPS) is 16.0. The van der Waals surface area contributed by atoms with Crippen molar-refractivity contribution in [2.24, 2.45) is 0 Å². The molecule has 2 aromatic rings. The van der Waals surface area contributed by atoms with Crippen molar-refractivity contribution in [1.29, 1.82) is 0 Å². The monoisotopic (exact) mass is 245 g/mol. The van der Waals surface area contributed by atoms with Gasteiger partial charge in [-0.25, -0.2) is 4.79 Å². The zero-order valence-corrected chi connectivity index (χ0v) is 9.98.